The first-order chi connectivity index (χ1) is 8.10. The maximum atomic E-state index is 4.63. The Morgan fingerprint density at radius 2 is 2.06 bits per heavy atom. The zero-order valence-electron chi connectivity index (χ0n) is 9.76. The van der Waals surface area contributed by atoms with E-state index in [0.29, 0.717) is 6.04 Å². The van der Waals surface area contributed by atoms with Crippen LogP contribution in [0.15, 0.2) is 26.1 Å². The van der Waals surface area contributed by atoms with Gasteiger partial charge in [-0.2, -0.15) is 0 Å². The van der Waals surface area contributed by atoms with Crippen LogP contribution in [0.3, 0.4) is 0 Å². The maximum absolute atomic E-state index is 4.63. The van der Waals surface area contributed by atoms with Gasteiger partial charge < -0.3 is 5.32 Å². The molecule has 0 bridgehead atoms. The summed E-state index contributed by atoms with van der Waals surface area (Å²) < 4.78 is 2.13. The minimum absolute atomic E-state index is 0.463. The summed E-state index contributed by atoms with van der Waals surface area (Å²) in [6.07, 6.45) is 1.11. The molecule has 1 heterocycles. The van der Waals surface area contributed by atoms with Gasteiger partial charge in [-0.15, -0.1) is 0 Å². The van der Waals surface area contributed by atoms with Crippen LogP contribution in [0.4, 0.5) is 5.69 Å². The summed E-state index contributed by atoms with van der Waals surface area (Å²) in [7, 11) is 0. The Balaban J connectivity index is 2.20. The van der Waals surface area contributed by atoms with E-state index in [1.54, 1.807) is 11.8 Å². The fourth-order valence-electron chi connectivity index (χ4n) is 1.62. The van der Waals surface area contributed by atoms with E-state index in [2.05, 4.69) is 68.1 Å². The molecule has 0 saturated heterocycles. The second-order valence-corrected chi connectivity index (χ2v) is 6.75. The van der Waals surface area contributed by atoms with E-state index in [4.69, 9.17) is 0 Å². The molecule has 2 rings (SSSR count). The van der Waals surface area contributed by atoms with Crippen LogP contribution < -0.4 is 5.32 Å². The number of rotatable bonds is 2. The summed E-state index contributed by atoms with van der Waals surface area (Å²) in [5, 5.41) is 4.40. The molecule has 2 nitrogen and oxygen atoms in total. The molecule has 1 aromatic carbocycles. The lowest BCUT2D eigenvalue weighted by Gasteiger charge is -2.10. The topological polar surface area (TPSA) is 24.4 Å². The van der Waals surface area contributed by atoms with E-state index in [1.807, 2.05) is 0 Å². The zero-order chi connectivity index (χ0) is 12.4. The van der Waals surface area contributed by atoms with Crippen molar-refractivity contribution in [3.05, 3.63) is 26.6 Å². The summed E-state index contributed by atoms with van der Waals surface area (Å²) in [5.74, 6) is 1.08. The average Bonchev–Trinajstić information content (AvgIpc) is 2.71. The molecular formula is C12H14Br2N2S. The fourth-order valence-corrected chi connectivity index (χ4v) is 4.29. The Hall–Kier alpha value is -0.000000000000000111. The molecule has 0 radical (unpaired) electrons. The number of aliphatic imine (C=N–C) groups is 1. The van der Waals surface area contributed by atoms with E-state index in [9.17, 15) is 0 Å². The highest BCUT2D eigenvalue weighted by Crippen LogP contribution is 2.34. The summed E-state index contributed by atoms with van der Waals surface area (Å²) >= 11 is 8.95. The highest BCUT2D eigenvalue weighted by Gasteiger charge is 2.18. The minimum atomic E-state index is 0.463. The second kappa shape index (κ2) is 5.76. The number of hydrogen-bond acceptors (Lipinski definition) is 3. The van der Waals surface area contributed by atoms with Crippen molar-refractivity contribution in [2.45, 2.75) is 26.3 Å². The lowest BCUT2D eigenvalue weighted by molar-refractivity contribution is 0.738. The third kappa shape index (κ3) is 3.26. The van der Waals surface area contributed by atoms with Gasteiger partial charge in [0.05, 0.1) is 11.7 Å². The third-order valence-electron chi connectivity index (χ3n) is 2.60. The molecular weight excluding hydrogens is 364 g/mol. The Bertz CT molecular complexity index is 437. The normalized spacial score (nSPS) is 19.3. The van der Waals surface area contributed by atoms with Gasteiger partial charge >= 0.3 is 0 Å². The van der Waals surface area contributed by atoms with Crippen molar-refractivity contribution in [1.29, 1.82) is 0 Å². The number of nitrogens with one attached hydrogen (secondary N) is 1. The average molecular weight is 378 g/mol. The Morgan fingerprint density at radius 3 is 2.59 bits per heavy atom. The molecule has 1 aliphatic heterocycles. The van der Waals surface area contributed by atoms with Gasteiger partial charge in [0.1, 0.15) is 0 Å². The number of aryl methyl sites for hydroxylation is 1. The van der Waals surface area contributed by atoms with Crippen molar-refractivity contribution in [2.24, 2.45) is 4.99 Å². The first-order valence-corrected chi connectivity index (χ1v) is 8.10. The Labute approximate surface area is 123 Å². The summed E-state index contributed by atoms with van der Waals surface area (Å²) in [4.78, 5) is 4.63. The number of benzene rings is 1. The lowest BCUT2D eigenvalue weighted by atomic mass is 10.2. The van der Waals surface area contributed by atoms with E-state index < -0.39 is 0 Å². The number of hydrogen-bond donors (Lipinski definition) is 1. The number of nitrogens with zero attached hydrogens (tertiary/aromatic N) is 1. The number of amidine groups is 1. The monoisotopic (exact) mass is 376 g/mol. The van der Waals surface area contributed by atoms with Gasteiger partial charge in [-0.05, 0) is 62.9 Å². The molecule has 1 unspecified atom stereocenters. The van der Waals surface area contributed by atoms with Gasteiger partial charge in [-0.25, -0.2) is 0 Å². The molecule has 0 saturated carbocycles. The molecule has 1 aliphatic rings. The summed E-state index contributed by atoms with van der Waals surface area (Å²) in [6.45, 7) is 4.25. The molecule has 1 N–H and O–H groups in total. The van der Waals surface area contributed by atoms with Crippen LogP contribution in [0.1, 0.15) is 18.9 Å². The SMILES string of the molecule is CCC1CSC(Nc2c(Br)cc(C)cc2Br)=N1. The molecule has 0 aliphatic carbocycles. The van der Waals surface area contributed by atoms with Crippen LogP contribution in [0.2, 0.25) is 0 Å². The number of thioether (sulfide) groups is 1. The predicted octanol–water partition coefficient (Wildman–Crippen LogP) is 4.81. The minimum Gasteiger partial charge on any atom is -0.333 e. The Kier molecular flexibility index (Phi) is 4.55. The maximum Gasteiger partial charge on any atom is 0.161 e. The molecule has 1 aromatic rings. The van der Waals surface area contributed by atoms with Gasteiger partial charge in [0.25, 0.3) is 0 Å². The highest BCUT2D eigenvalue weighted by atomic mass is 79.9. The third-order valence-corrected chi connectivity index (χ3v) is 4.89. The van der Waals surface area contributed by atoms with Gasteiger partial charge in [-0.3, -0.25) is 4.99 Å². The van der Waals surface area contributed by atoms with Crippen molar-refractivity contribution in [3.8, 4) is 0 Å². The van der Waals surface area contributed by atoms with E-state index in [0.717, 1.165) is 32.0 Å². The molecule has 5 heteroatoms. The van der Waals surface area contributed by atoms with Gasteiger partial charge in [0.2, 0.25) is 0 Å². The molecule has 92 valence electrons. The molecule has 0 spiro atoms. The summed E-state index contributed by atoms with van der Waals surface area (Å²) in [5.41, 5.74) is 2.28. The number of halogens is 2. The molecule has 0 fully saturated rings. The van der Waals surface area contributed by atoms with Crippen LogP contribution in [0, 0.1) is 6.92 Å². The van der Waals surface area contributed by atoms with Gasteiger partial charge in [0, 0.05) is 14.7 Å². The quantitative estimate of drug-likeness (QED) is 0.799. The van der Waals surface area contributed by atoms with Crippen LogP contribution in [0.5, 0.6) is 0 Å². The van der Waals surface area contributed by atoms with E-state index in [-0.39, 0.29) is 0 Å². The van der Waals surface area contributed by atoms with Crippen molar-refractivity contribution >= 4 is 54.5 Å². The van der Waals surface area contributed by atoms with E-state index >= 15 is 0 Å². The van der Waals surface area contributed by atoms with Gasteiger partial charge in [0.15, 0.2) is 5.17 Å². The van der Waals surface area contributed by atoms with Crippen LogP contribution >= 0.6 is 43.6 Å². The van der Waals surface area contributed by atoms with Gasteiger partial charge in [-0.1, -0.05) is 18.7 Å². The molecule has 0 aromatic heterocycles. The van der Waals surface area contributed by atoms with Crippen molar-refractivity contribution in [1.82, 2.24) is 0 Å². The van der Waals surface area contributed by atoms with Crippen molar-refractivity contribution < 1.29 is 0 Å². The van der Waals surface area contributed by atoms with Crippen molar-refractivity contribution in [3.63, 3.8) is 0 Å². The standard InChI is InChI=1S/C12H14Br2N2S/c1-3-8-6-17-12(15-8)16-11-9(13)4-7(2)5-10(11)14/h4-5,8H,3,6H2,1-2H3,(H,15,16). The van der Waals surface area contributed by atoms with Crippen LogP contribution in [-0.2, 0) is 0 Å². The lowest BCUT2D eigenvalue weighted by Crippen LogP contribution is -2.06. The molecule has 17 heavy (non-hydrogen) atoms. The first-order valence-electron chi connectivity index (χ1n) is 5.53. The fraction of sp³-hybridized carbons (Fsp3) is 0.417. The zero-order valence-corrected chi connectivity index (χ0v) is 13.7. The second-order valence-electron chi connectivity index (χ2n) is 4.04. The predicted molar refractivity (Wildman–Crippen MR) is 84.2 cm³/mol. The van der Waals surface area contributed by atoms with Crippen LogP contribution in [-0.4, -0.2) is 17.0 Å². The number of anilines is 1. The Morgan fingerprint density at radius 1 is 1.41 bits per heavy atom. The molecule has 0 amide bonds. The first kappa shape index (κ1) is 13.4. The van der Waals surface area contributed by atoms with E-state index in [1.165, 1.54) is 5.56 Å². The largest absolute Gasteiger partial charge is 0.333 e. The molecule has 1 atom stereocenters. The summed E-state index contributed by atoms with van der Waals surface area (Å²) in [6, 6.07) is 4.67. The van der Waals surface area contributed by atoms with Crippen LogP contribution in [0.25, 0.3) is 0 Å². The highest BCUT2D eigenvalue weighted by molar-refractivity contribution is 9.11. The smallest absolute Gasteiger partial charge is 0.161 e. The van der Waals surface area contributed by atoms with Crippen molar-refractivity contribution in [2.75, 3.05) is 11.1 Å².